The van der Waals surface area contributed by atoms with Crippen molar-refractivity contribution in [2.45, 2.75) is 40.2 Å². The number of hydrogen-bond acceptors (Lipinski definition) is 4. The first kappa shape index (κ1) is 17.3. The largest absolute Gasteiger partial charge is 0.504 e. The lowest BCUT2D eigenvalue weighted by molar-refractivity contribution is -0.122. The van der Waals surface area contributed by atoms with Crippen molar-refractivity contribution >= 4 is 5.91 Å². The van der Waals surface area contributed by atoms with E-state index in [1.54, 1.807) is 6.07 Å². The summed E-state index contributed by atoms with van der Waals surface area (Å²) in [5.74, 6) is -0.157. The van der Waals surface area contributed by atoms with Gasteiger partial charge in [-0.25, -0.2) is 0 Å². The average Bonchev–Trinajstić information content (AvgIpc) is 2.40. The topological polar surface area (TPSA) is 95.6 Å². The van der Waals surface area contributed by atoms with Crippen molar-refractivity contribution in [3.63, 3.8) is 0 Å². The number of nitrogens with one attached hydrogen (secondary N) is 1. The van der Waals surface area contributed by atoms with Crippen LogP contribution in [0.5, 0.6) is 11.5 Å². The summed E-state index contributed by atoms with van der Waals surface area (Å²) in [5.41, 5.74) is 6.60. The fourth-order valence-corrected chi connectivity index (χ4v) is 1.69. The Morgan fingerprint density at radius 1 is 1.29 bits per heavy atom. The van der Waals surface area contributed by atoms with E-state index in [2.05, 4.69) is 33.0 Å². The molecule has 5 nitrogen and oxygen atoms in total. The number of nitrogens with two attached hydrogens (primary N) is 1. The van der Waals surface area contributed by atoms with Crippen LogP contribution in [0.15, 0.2) is 18.2 Å². The standard InChI is InChI=1S/C16H26N2O3/c1-10(2)16(3,4)9-18-15(21)12(17)7-11-5-6-13(19)14(20)8-11/h5-6,8,10,12,19-20H,7,9,17H2,1-4H3,(H,18,21)/t12-/m0/s1. The highest BCUT2D eigenvalue weighted by atomic mass is 16.3. The predicted molar refractivity (Wildman–Crippen MR) is 83.1 cm³/mol. The Morgan fingerprint density at radius 3 is 2.43 bits per heavy atom. The quantitative estimate of drug-likeness (QED) is 0.601. The van der Waals surface area contributed by atoms with E-state index in [-0.39, 0.29) is 22.8 Å². The van der Waals surface area contributed by atoms with E-state index in [4.69, 9.17) is 5.73 Å². The molecule has 0 heterocycles. The molecule has 5 N–H and O–H groups in total. The van der Waals surface area contributed by atoms with Crippen LogP contribution in [0.1, 0.15) is 33.3 Å². The van der Waals surface area contributed by atoms with Crippen LogP contribution in [-0.2, 0) is 11.2 Å². The third-order valence-electron chi connectivity index (χ3n) is 4.11. The molecule has 0 fully saturated rings. The average molecular weight is 294 g/mol. The van der Waals surface area contributed by atoms with Gasteiger partial charge < -0.3 is 21.3 Å². The molecule has 1 rings (SSSR count). The Hall–Kier alpha value is -1.75. The minimum atomic E-state index is -0.683. The first-order chi connectivity index (χ1) is 9.63. The summed E-state index contributed by atoms with van der Waals surface area (Å²) < 4.78 is 0. The number of rotatable bonds is 6. The number of phenolic OH excluding ortho intramolecular Hbond substituents is 2. The van der Waals surface area contributed by atoms with E-state index in [9.17, 15) is 15.0 Å². The minimum Gasteiger partial charge on any atom is -0.504 e. The third-order valence-corrected chi connectivity index (χ3v) is 4.11. The zero-order valence-corrected chi connectivity index (χ0v) is 13.2. The fourth-order valence-electron chi connectivity index (χ4n) is 1.69. The van der Waals surface area contributed by atoms with Crippen molar-refractivity contribution in [1.82, 2.24) is 5.32 Å². The zero-order chi connectivity index (χ0) is 16.2. The molecule has 0 aliphatic heterocycles. The van der Waals surface area contributed by atoms with Crippen LogP contribution in [0.2, 0.25) is 0 Å². The molecule has 5 heteroatoms. The molecule has 0 unspecified atom stereocenters. The summed E-state index contributed by atoms with van der Waals surface area (Å²) in [6.07, 6.45) is 0.307. The number of aromatic hydroxyl groups is 2. The van der Waals surface area contributed by atoms with Crippen molar-refractivity contribution in [1.29, 1.82) is 0 Å². The van der Waals surface area contributed by atoms with Crippen LogP contribution < -0.4 is 11.1 Å². The number of hydrogen-bond donors (Lipinski definition) is 4. The molecule has 0 spiro atoms. The third kappa shape index (κ3) is 4.93. The van der Waals surface area contributed by atoms with Gasteiger partial charge in [-0.05, 0) is 35.4 Å². The van der Waals surface area contributed by atoms with Gasteiger partial charge in [-0.1, -0.05) is 33.8 Å². The highest BCUT2D eigenvalue weighted by Crippen LogP contribution is 2.26. The summed E-state index contributed by atoms with van der Waals surface area (Å²) >= 11 is 0. The van der Waals surface area contributed by atoms with Gasteiger partial charge in [0.25, 0.3) is 0 Å². The normalized spacial score (nSPS) is 13.2. The van der Waals surface area contributed by atoms with E-state index in [0.29, 0.717) is 24.4 Å². The van der Waals surface area contributed by atoms with Crippen LogP contribution in [0.3, 0.4) is 0 Å². The molecule has 0 saturated carbocycles. The van der Waals surface area contributed by atoms with Gasteiger partial charge in [-0.2, -0.15) is 0 Å². The monoisotopic (exact) mass is 294 g/mol. The molecule has 0 bridgehead atoms. The molecule has 118 valence electrons. The van der Waals surface area contributed by atoms with Crippen molar-refractivity contribution < 1.29 is 15.0 Å². The second-order valence-corrected chi connectivity index (χ2v) is 6.49. The highest BCUT2D eigenvalue weighted by molar-refractivity contribution is 5.81. The first-order valence-corrected chi connectivity index (χ1v) is 7.17. The lowest BCUT2D eigenvalue weighted by Gasteiger charge is -2.29. The van der Waals surface area contributed by atoms with Crippen molar-refractivity contribution in [2.24, 2.45) is 17.1 Å². The van der Waals surface area contributed by atoms with Crippen molar-refractivity contribution in [3.8, 4) is 11.5 Å². The van der Waals surface area contributed by atoms with Gasteiger partial charge in [0, 0.05) is 6.54 Å². The molecule has 1 aromatic rings. The maximum Gasteiger partial charge on any atom is 0.237 e. The molecule has 0 aromatic heterocycles. The molecular formula is C16H26N2O3. The first-order valence-electron chi connectivity index (χ1n) is 7.17. The summed E-state index contributed by atoms with van der Waals surface area (Å²) in [5, 5.41) is 21.6. The van der Waals surface area contributed by atoms with Crippen LogP contribution in [0, 0.1) is 11.3 Å². The SMILES string of the molecule is CC(C)C(C)(C)CNC(=O)[C@@H](N)Cc1ccc(O)c(O)c1. The zero-order valence-electron chi connectivity index (χ0n) is 13.2. The Kier molecular flexibility index (Phi) is 5.61. The van der Waals surface area contributed by atoms with Gasteiger partial charge in [-0.15, -0.1) is 0 Å². The maximum atomic E-state index is 12.0. The molecule has 0 radical (unpaired) electrons. The Labute approximate surface area is 126 Å². The molecule has 21 heavy (non-hydrogen) atoms. The van der Waals surface area contributed by atoms with E-state index in [1.807, 2.05) is 0 Å². The minimum absolute atomic E-state index is 0.00614. The summed E-state index contributed by atoms with van der Waals surface area (Å²) in [6.45, 7) is 9.00. The molecule has 0 aliphatic carbocycles. The second-order valence-electron chi connectivity index (χ2n) is 6.49. The van der Waals surface area contributed by atoms with Gasteiger partial charge in [0.1, 0.15) is 0 Å². The molecular weight excluding hydrogens is 268 g/mol. The summed E-state index contributed by atoms with van der Waals surface area (Å²) in [6, 6.07) is 3.76. The van der Waals surface area contributed by atoms with Crippen LogP contribution in [-0.4, -0.2) is 28.7 Å². The van der Waals surface area contributed by atoms with Gasteiger partial charge in [0.15, 0.2) is 11.5 Å². The van der Waals surface area contributed by atoms with E-state index >= 15 is 0 Å². The summed E-state index contributed by atoms with van der Waals surface area (Å²) in [4.78, 5) is 12.0. The lowest BCUT2D eigenvalue weighted by atomic mass is 9.81. The maximum absolute atomic E-state index is 12.0. The van der Waals surface area contributed by atoms with Gasteiger partial charge in [0.05, 0.1) is 6.04 Å². The number of carbonyl (C=O) groups excluding carboxylic acids is 1. The van der Waals surface area contributed by atoms with Crippen LogP contribution >= 0.6 is 0 Å². The van der Waals surface area contributed by atoms with E-state index in [0.717, 1.165) is 0 Å². The Bertz CT molecular complexity index is 498. The van der Waals surface area contributed by atoms with Gasteiger partial charge in [-0.3, -0.25) is 4.79 Å². The van der Waals surface area contributed by atoms with Gasteiger partial charge in [0.2, 0.25) is 5.91 Å². The van der Waals surface area contributed by atoms with Crippen molar-refractivity contribution in [2.75, 3.05) is 6.54 Å². The smallest absolute Gasteiger partial charge is 0.237 e. The van der Waals surface area contributed by atoms with Crippen molar-refractivity contribution in [3.05, 3.63) is 23.8 Å². The summed E-state index contributed by atoms with van der Waals surface area (Å²) in [7, 11) is 0. The second kappa shape index (κ2) is 6.80. The van der Waals surface area contributed by atoms with Gasteiger partial charge >= 0.3 is 0 Å². The Balaban J connectivity index is 2.57. The van der Waals surface area contributed by atoms with Crippen LogP contribution in [0.25, 0.3) is 0 Å². The lowest BCUT2D eigenvalue weighted by Crippen LogP contribution is -2.46. The van der Waals surface area contributed by atoms with E-state index in [1.165, 1.54) is 12.1 Å². The molecule has 1 aromatic carbocycles. The number of phenols is 2. The fraction of sp³-hybridized carbons (Fsp3) is 0.562. The Morgan fingerprint density at radius 2 is 1.90 bits per heavy atom. The van der Waals surface area contributed by atoms with E-state index < -0.39 is 6.04 Å². The number of carbonyl (C=O) groups is 1. The molecule has 1 amide bonds. The highest BCUT2D eigenvalue weighted by Gasteiger charge is 2.24. The molecule has 1 atom stereocenters. The predicted octanol–water partition coefficient (Wildman–Crippen LogP) is 1.77. The number of amides is 1. The number of benzene rings is 1. The molecule has 0 aliphatic rings. The molecule has 0 saturated heterocycles. The van der Waals surface area contributed by atoms with Crippen LogP contribution in [0.4, 0.5) is 0 Å².